The van der Waals surface area contributed by atoms with E-state index in [-0.39, 0.29) is 0 Å². The predicted octanol–water partition coefficient (Wildman–Crippen LogP) is 3.09. The number of Topliss-reactive ketones (excluding diaryl/α,β-unsaturated/α-hetero) is 1. The van der Waals surface area contributed by atoms with Crippen molar-refractivity contribution in [2.24, 2.45) is 5.92 Å². The van der Waals surface area contributed by atoms with E-state index in [0.717, 1.165) is 19.3 Å². The lowest BCUT2D eigenvalue weighted by atomic mass is 9.79. The zero-order valence-electron chi connectivity index (χ0n) is 13.6. The number of carbonyl (C=O) groups excluding carboxylic acids is 1. The minimum atomic E-state index is 0.361. The summed E-state index contributed by atoms with van der Waals surface area (Å²) in [5, 5.41) is 0. The number of piperidine rings is 2. The Bertz CT molecular complexity index is 338. The summed E-state index contributed by atoms with van der Waals surface area (Å²) in [6, 6.07) is 0.566. The van der Waals surface area contributed by atoms with Gasteiger partial charge in [0.05, 0.1) is 0 Å². The minimum Gasteiger partial charge on any atom is -0.302 e. The molecule has 0 aromatic carbocycles. The standard InChI is InChI=1S/C18H32N2O/c21-18-10-3-2-8-16(18)17-9-4-7-13-20(17)15-14-19-11-5-1-6-12-19/h16-17H,1-15H2. The Kier molecular flexibility index (Phi) is 5.70. The first-order valence-electron chi connectivity index (χ1n) is 9.34. The monoisotopic (exact) mass is 292 g/mol. The Labute approximate surface area is 130 Å². The quantitative estimate of drug-likeness (QED) is 0.795. The Morgan fingerprint density at radius 1 is 0.810 bits per heavy atom. The van der Waals surface area contributed by atoms with Crippen LogP contribution in [0.5, 0.6) is 0 Å². The lowest BCUT2D eigenvalue weighted by Gasteiger charge is -2.42. The van der Waals surface area contributed by atoms with Crippen LogP contribution in [0.3, 0.4) is 0 Å². The summed E-state index contributed by atoms with van der Waals surface area (Å²) in [5.74, 6) is 0.927. The van der Waals surface area contributed by atoms with E-state index in [0.29, 0.717) is 17.7 Å². The second-order valence-electron chi connectivity index (χ2n) is 7.32. The molecule has 2 atom stereocenters. The van der Waals surface area contributed by atoms with E-state index < -0.39 is 0 Å². The van der Waals surface area contributed by atoms with Gasteiger partial charge in [-0.05, 0) is 58.2 Å². The predicted molar refractivity (Wildman–Crippen MR) is 86.5 cm³/mol. The zero-order chi connectivity index (χ0) is 14.5. The van der Waals surface area contributed by atoms with Gasteiger partial charge < -0.3 is 4.90 Å². The van der Waals surface area contributed by atoms with Crippen LogP contribution >= 0.6 is 0 Å². The molecule has 3 fully saturated rings. The van der Waals surface area contributed by atoms with Crippen molar-refractivity contribution in [2.45, 2.75) is 70.3 Å². The van der Waals surface area contributed by atoms with Gasteiger partial charge in [-0.2, -0.15) is 0 Å². The number of hydrogen-bond donors (Lipinski definition) is 0. The molecule has 3 rings (SSSR count). The first-order valence-corrected chi connectivity index (χ1v) is 9.34. The van der Waals surface area contributed by atoms with Crippen LogP contribution in [0.1, 0.15) is 64.2 Å². The SMILES string of the molecule is O=C1CCCCC1C1CCCCN1CCN1CCCCC1. The molecule has 3 heteroatoms. The van der Waals surface area contributed by atoms with Gasteiger partial charge in [-0.25, -0.2) is 0 Å². The van der Waals surface area contributed by atoms with Gasteiger partial charge in [0.15, 0.2) is 0 Å². The van der Waals surface area contributed by atoms with E-state index in [9.17, 15) is 4.79 Å². The maximum atomic E-state index is 12.3. The molecule has 0 aromatic heterocycles. The number of rotatable bonds is 4. The molecular weight excluding hydrogens is 260 g/mol. The molecular formula is C18H32N2O. The molecule has 0 spiro atoms. The summed E-state index contributed by atoms with van der Waals surface area (Å²) in [7, 11) is 0. The topological polar surface area (TPSA) is 23.6 Å². The van der Waals surface area contributed by atoms with Gasteiger partial charge in [-0.1, -0.05) is 19.3 Å². The lowest BCUT2D eigenvalue weighted by Crippen LogP contribution is -2.50. The zero-order valence-corrected chi connectivity index (χ0v) is 13.6. The Hall–Kier alpha value is -0.410. The number of hydrogen-bond acceptors (Lipinski definition) is 3. The molecule has 2 heterocycles. The highest BCUT2D eigenvalue weighted by Gasteiger charge is 2.35. The van der Waals surface area contributed by atoms with Crippen molar-refractivity contribution >= 4 is 5.78 Å². The fourth-order valence-electron chi connectivity index (χ4n) is 4.62. The normalized spacial score (nSPS) is 33.2. The second kappa shape index (κ2) is 7.73. The van der Waals surface area contributed by atoms with Crippen LogP contribution < -0.4 is 0 Å². The van der Waals surface area contributed by atoms with Crippen LogP contribution in [0.2, 0.25) is 0 Å². The molecule has 1 saturated carbocycles. The molecule has 120 valence electrons. The van der Waals surface area contributed by atoms with E-state index in [1.807, 2.05) is 0 Å². The van der Waals surface area contributed by atoms with Gasteiger partial charge in [0, 0.05) is 31.5 Å². The van der Waals surface area contributed by atoms with Crippen molar-refractivity contribution < 1.29 is 4.79 Å². The average molecular weight is 292 g/mol. The average Bonchev–Trinajstić information content (AvgIpc) is 2.55. The number of likely N-dealkylation sites (tertiary alicyclic amines) is 2. The molecule has 1 aliphatic carbocycles. The van der Waals surface area contributed by atoms with Gasteiger partial charge >= 0.3 is 0 Å². The molecule has 0 amide bonds. The highest BCUT2D eigenvalue weighted by molar-refractivity contribution is 5.82. The second-order valence-corrected chi connectivity index (χ2v) is 7.32. The maximum absolute atomic E-state index is 12.3. The van der Waals surface area contributed by atoms with Crippen LogP contribution in [0.15, 0.2) is 0 Å². The highest BCUT2D eigenvalue weighted by atomic mass is 16.1. The van der Waals surface area contributed by atoms with E-state index in [1.54, 1.807) is 0 Å². The summed E-state index contributed by atoms with van der Waals surface area (Å²) in [6.45, 7) is 6.22. The van der Waals surface area contributed by atoms with E-state index in [4.69, 9.17) is 0 Å². The van der Waals surface area contributed by atoms with Crippen molar-refractivity contribution in [3.63, 3.8) is 0 Å². The summed E-state index contributed by atoms with van der Waals surface area (Å²) in [6.07, 6.45) is 12.5. The van der Waals surface area contributed by atoms with Crippen molar-refractivity contribution in [1.29, 1.82) is 0 Å². The fraction of sp³-hybridized carbons (Fsp3) is 0.944. The van der Waals surface area contributed by atoms with Gasteiger partial charge in [0.25, 0.3) is 0 Å². The molecule has 21 heavy (non-hydrogen) atoms. The van der Waals surface area contributed by atoms with Crippen molar-refractivity contribution in [3.05, 3.63) is 0 Å². The summed E-state index contributed by atoms with van der Waals surface area (Å²) < 4.78 is 0. The first kappa shape index (κ1) is 15.5. The van der Waals surface area contributed by atoms with Gasteiger partial charge in [0.2, 0.25) is 0 Å². The molecule has 2 unspecified atom stereocenters. The summed E-state index contributed by atoms with van der Waals surface area (Å²) in [5.41, 5.74) is 0. The van der Waals surface area contributed by atoms with E-state index in [2.05, 4.69) is 9.80 Å². The molecule has 3 nitrogen and oxygen atoms in total. The third-order valence-corrected chi connectivity index (χ3v) is 5.88. The minimum absolute atomic E-state index is 0.361. The van der Waals surface area contributed by atoms with Crippen LogP contribution in [-0.4, -0.2) is 54.3 Å². The van der Waals surface area contributed by atoms with E-state index in [1.165, 1.54) is 77.7 Å². The highest BCUT2D eigenvalue weighted by Crippen LogP contribution is 2.31. The van der Waals surface area contributed by atoms with Crippen LogP contribution in [0.4, 0.5) is 0 Å². The molecule has 0 radical (unpaired) electrons. The van der Waals surface area contributed by atoms with Crippen molar-refractivity contribution in [1.82, 2.24) is 9.80 Å². The van der Waals surface area contributed by atoms with E-state index >= 15 is 0 Å². The Morgan fingerprint density at radius 3 is 2.38 bits per heavy atom. The number of carbonyl (C=O) groups is 1. The van der Waals surface area contributed by atoms with Crippen LogP contribution in [0.25, 0.3) is 0 Å². The smallest absolute Gasteiger partial charge is 0.137 e. The van der Waals surface area contributed by atoms with Crippen molar-refractivity contribution in [2.75, 3.05) is 32.7 Å². The maximum Gasteiger partial charge on any atom is 0.137 e. The van der Waals surface area contributed by atoms with Gasteiger partial charge in [-0.15, -0.1) is 0 Å². The van der Waals surface area contributed by atoms with Gasteiger partial charge in [0.1, 0.15) is 5.78 Å². The third-order valence-electron chi connectivity index (χ3n) is 5.88. The largest absolute Gasteiger partial charge is 0.302 e. The number of ketones is 1. The molecule has 2 saturated heterocycles. The third kappa shape index (κ3) is 4.07. The Balaban J connectivity index is 1.54. The Morgan fingerprint density at radius 2 is 1.57 bits per heavy atom. The molecule has 0 aromatic rings. The summed E-state index contributed by atoms with van der Waals surface area (Å²) >= 11 is 0. The molecule has 2 aliphatic heterocycles. The molecule has 3 aliphatic rings. The summed E-state index contributed by atoms with van der Waals surface area (Å²) in [4.78, 5) is 17.6. The molecule has 0 bridgehead atoms. The fourth-order valence-corrected chi connectivity index (χ4v) is 4.62. The lowest BCUT2D eigenvalue weighted by molar-refractivity contribution is -0.127. The molecule has 0 N–H and O–H groups in total. The first-order chi connectivity index (χ1) is 10.3. The van der Waals surface area contributed by atoms with Crippen molar-refractivity contribution in [3.8, 4) is 0 Å². The van der Waals surface area contributed by atoms with Crippen LogP contribution in [0, 0.1) is 5.92 Å². The number of nitrogens with zero attached hydrogens (tertiary/aromatic N) is 2. The van der Waals surface area contributed by atoms with Crippen LogP contribution in [-0.2, 0) is 4.79 Å². The van der Waals surface area contributed by atoms with Gasteiger partial charge in [-0.3, -0.25) is 9.69 Å².